The smallest absolute Gasteiger partial charge is 0.269 e. The molecular formula is C10H13N3O4S2. The van der Waals surface area contributed by atoms with Gasteiger partial charge >= 0.3 is 0 Å². The maximum atomic E-state index is 12.2. The van der Waals surface area contributed by atoms with Gasteiger partial charge in [-0.3, -0.25) is 4.72 Å². The summed E-state index contributed by atoms with van der Waals surface area (Å²) >= 11 is 1.10. The van der Waals surface area contributed by atoms with Crippen LogP contribution in [0, 0.1) is 13.8 Å². The van der Waals surface area contributed by atoms with E-state index < -0.39 is 16.1 Å². The minimum absolute atomic E-state index is 0.0151. The summed E-state index contributed by atoms with van der Waals surface area (Å²) in [5.74, 6) is 0.220. The number of hydrogen-bond acceptors (Lipinski definition) is 7. The Morgan fingerprint density at radius 1 is 1.47 bits per heavy atom. The third-order valence-corrected chi connectivity index (χ3v) is 4.90. The van der Waals surface area contributed by atoms with Crippen molar-refractivity contribution in [1.82, 2.24) is 10.1 Å². The molecule has 2 aromatic rings. The minimum Gasteiger partial charge on any atom is -0.387 e. The lowest BCUT2D eigenvalue weighted by molar-refractivity contribution is 0.195. The molecule has 0 amide bonds. The fraction of sp³-hybridized carbons (Fsp3) is 0.400. The number of thiazole rings is 1. The molecule has 0 aromatic carbocycles. The van der Waals surface area contributed by atoms with E-state index in [4.69, 9.17) is 4.52 Å². The van der Waals surface area contributed by atoms with Crippen molar-refractivity contribution < 1.29 is 18.0 Å². The maximum Gasteiger partial charge on any atom is 0.269 e. The minimum atomic E-state index is -3.78. The average molecular weight is 303 g/mol. The second kappa shape index (κ2) is 4.91. The molecule has 2 aromatic heterocycles. The first-order chi connectivity index (χ1) is 8.81. The van der Waals surface area contributed by atoms with Crippen molar-refractivity contribution in [3.05, 3.63) is 22.5 Å². The van der Waals surface area contributed by atoms with Crippen molar-refractivity contribution in [2.75, 3.05) is 4.72 Å². The van der Waals surface area contributed by atoms with Crippen LogP contribution in [-0.4, -0.2) is 23.7 Å². The van der Waals surface area contributed by atoms with Crippen molar-refractivity contribution in [1.29, 1.82) is 0 Å². The summed E-state index contributed by atoms with van der Waals surface area (Å²) in [5.41, 5.74) is 0.707. The fourth-order valence-corrected chi connectivity index (χ4v) is 3.93. The monoisotopic (exact) mass is 303 g/mol. The number of aliphatic hydroxyl groups excluding tert-OH is 1. The van der Waals surface area contributed by atoms with Crippen molar-refractivity contribution in [2.24, 2.45) is 0 Å². The van der Waals surface area contributed by atoms with Gasteiger partial charge in [0.1, 0.15) is 5.69 Å². The summed E-state index contributed by atoms with van der Waals surface area (Å²) in [6.45, 7) is 4.63. The molecule has 0 spiro atoms. The molecule has 2 heterocycles. The Bertz CT molecular complexity index is 668. The predicted molar refractivity (Wildman–Crippen MR) is 69.5 cm³/mol. The van der Waals surface area contributed by atoms with Crippen LogP contribution in [0.25, 0.3) is 0 Å². The Labute approximate surface area is 114 Å². The number of aliphatic hydroxyl groups is 1. The molecule has 1 unspecified atom stereocenters. The van der Waals surface area contributed by atoms with Gasteiger partial charge < -0.3 is 9.63 Å². The second-order valence-electron chi connectivity index (χ2n) is 4.01. The first-order valence-corrected chi connectivity index (χ1v) is 7.76. The highest BCUT2D eigenvalue weighted by atomic mass is 32.2. The zero-order chi connectivity index (χ0) is 14.2. The lowest BCUT2D eigenvalue weighted by Gasteiger charge is -2.04. The van der Waals surface area contributed by atoms with Gasteiger partial charge in [0, 0.05) is 5.38 Å². The summed E-state index contributed by atoms with van der Waals surface area (Å²) in [5, 5.41) is 14.7. The summed E-state index contributed by atoms with van der Waals surface area (Å²) in [7, 11) is -3.78. The number of nitrogens with zero attached hydrogens (tertiary/aromatic N) is 2. The van der Waals surface area contributed by atoms with Crippen LogP contribution in [0.15, 0.2) is 14.8 Å². The number of aryl methyl sites for hydroxylation is 2. The molecule has 7 nitrogen and oxygen atoms in total. The molecule has 0 saturated carbocycles. The molecule has 0 fully saturated rings. The van der Waals surface area contributed by atoms with Crippen LogP contribution in [0.3, 0.4) is 0 Å². The highest BCUT2D eigenvalue weighted by Crippen LogP contribution is 2.25. The molecule has 19 heavy (non-hydrogen) atoms. The second-order valence-corrected chi connectivity index (χ2v) is 6.49. The first-order valence-electron chi connectivity index (χ1n) is 5.40. The molecule has 0 radical (unpaired) electrons. The summed E-state index contributed by atoms with van der Waals surface area (Å²) < 4.78 is 31.5. The summed E-state index contributed by atoms with van der Waals surface area (Å²) in [6, 6.07) is 0. The van der Waals surface area contributed by atoms with E-state index in [0.717, 1.165) is 11.3 Å². The van der Waals surface area contributed by atoms with Gasteiger partial charge in [0.2, 0.25) is 0 Å². The van der Waals surface area contributed by atoms with Crippen molar-refractivity contribution in [3.63, 3.8) is 0 Å². The van der Waals surface area contributed by atoms with Gasteiger partial charge in [-0.2, -0.15) is 0 Å². The van der Waals surface area contributed by atoms with E-state index in [1.165, 1.54) is 6.92 Å². The van der Waals surface area contributed by atoms with Gasteiger partial charge in [0.25, 0.3) is 10.0 Å². The molecular weight excluding hydrogens is 290 g/mol. The van der Waals surface area contributed by atoms with E-state index in [2.05, 4.69) is 14.9 Å². The van der Waals surface area contributed by atoms with Crippen LogP contribution >= 0.6 is 11.3 Å². The number of aromatic nitrogens is 2. The molecule has 0 aliphatic carbocycles. The Hall–Kier alpha value is -1.45. The van der Waals surface area contributed by atoms with Crippen LogP contribution in [0.4, 0.5) is 5.13 Å². The first kappa shape index (κ1) is 14.0. The van der Waals surface area contributed by atoms with E-state index in [-0.39, 0.29) is 21.5 Å². The lowest BCUT2D eigenvalue weighted by Crippen LogP contribution is -2.14. The number of hydrogen-bond donors (Lipinski definition) is 2. The molecule has 0 saturated heterocycles. The highest BCUT2D eigenvalue weighted by molar-refractivity contribution is 7.93. The van der Waals surface area contributed by atoms with Crippen LogP contribution in [0.1, 0.15) is 30.2 Å². The SMILES string of the molecule is Cc1noc(C)c1S(=O)(=O)Nc1nc(C(C)O)cs1. The van der Waals surface area contributed by atoms with Crippen LogP contribution < -0.4 is 4.72 Å². The molecule has 1 atom stereocenters. The Kier molecular flexibility index (Phi) is 3.61. The Morgan fingerprint density at radius 2 is 2.16 bits per heavy atom. The third kappa shape index (κ3) is 2.77. The van der Waals surface area contributed by atoms with E-state index in [1.54, 1.807) is 19.2 Å². The van der Waals surface area contributed by atoms with E-state index in [1.807, 2.05) is 0 Å². The molecule has 0 aliphatic heterocycles. The quantitative estimate of drug-likeness (QED) is 0.888. The zero-order valence-corrected chi connectivity index (χ0v) is 12.2. The van der Waals surface area contributed by atoms with Gasteiger partial charge in [0.15, 0.2) is 15.8 Å². The zero-order valence-electron chi connectivity index (χ0n) is 10.5. The predicted octanol–water partition coefficient (Wildman–Crippen LogP) is 1.60. The topological polar surface area (TPSA) is 105 Å². The van der Waals surface area contributed by atoms with Gasteiger partial charge in [-0.25, -0.2) is 13.4 Å². The summed E-state index contributed by atoms with van der Waals surface area (Å²) in [4.78, 5) is 4.01. The van der Waals surface area contributed by atoms with Crippen LogP contribution in [0.5, 0.6) is 0 Å². The molecule has 2 rings (SSSR count). The highest BCUT2D eigenvalue weighted by Gasteiger charge is 2.25. The van der Waals surface area contributed by atoms with Gasteiger partial charge in [0.05, 0.1) is 11.8 Å². The number of anilines is 1. The molecule has 104 valence electrons. The molecule has 9 heteroatoms. The standard InChI is InChI=1S/C10H13N3O4S2/c1-5-9(7(3)17-12-5)19(15,16)13-10-11-8(4-18-10)6(2)14/h4,6,14H,1-3H3,(H,11,13). The van der Waals surface area contributed by atoms with Crippen molar-refractivity contribution >= 4 is 26.5 Å². The average Bonchev–Trinajstić information content (AvgIpc) is 2.85. The van der Waals surface area contributed by atoms with Gasteiger partial charge in [-0.15, -0.1) is 11.3 Å². The molecule has 2 N–H and O–H groups in total. The van der Waals surface area contributed by atoms with Gasteiger partial charge in [-0.1, -0.05) is 5.16 Å². The lowest BCUT2D eigenvalue weighted by atomic mass is 10.3. The third-order valence-electron chi connectivity index (χ3n) is 2.41. The Morgan fingerprint density at radius 3 is 2.63 bits per heavy atom. The Balaban J connectivity index is 2.31. The van der Waals surface area contributed by atoms with Crippen LogP contribution in [-0.2, 0) is 10.0 Å². The number of sulfonamides is 1. The van der Waals surface area contributed by atoms with E-state index in [9.17, 15) is 13.5 Å². The van der Waals surface area contributed by atoms with Crippen molar-refractivity contribution in [2.45, 2.75) is 31.8 Å². The number of nitrogens with one attached hydrogen (secondary N) is 1. The summed E-state index contributed by atoms with van der Waals surface area (Å²) in [6.07, 6.45) is -0.742. The van der Waals surface area contributed by atoms with Crippen LogP contribution in [0.2, 0.25) is 0 Å². The largest absolute Gasteiger partial charge is 0.387 e. The van der Waals surface area contributed by atoms with Crippen molar-refractivity contribution in [3.8, 4) is 0 Å². The number of rotatable bonds is 4. The molecule has 0 aliphatic rings. The van der Waals surface area contributed by atoms with Gasteiger partial charge in [-0.05, 0) is 20.8 Å². The van der Waals surface area contributed by atoms with E-state index >= 15 is 0 Å². The van der Waals surface area contributed by atoms with E-state index in [0.29, 0.717) is 5.69 Å². The maximum absolute atomic E-state index is 12.2. The fourth-order valence-electron chi connectivity index (χ4n) is 1.55. The normalized spacial score (nSPS) is 13.5. The molecule has 0 bridgehead atoms.